The van der Waals surface area contributed by atoms with Crippen molar-refractivity contribution in [1.29, 1.82) is 0 Å². The number of aromatic nitrogens is 3. The lowest BCUT2D eigenvalue weighted by atomic mass is 10.2. The number of pyridine rings is 1. The van der Waals surface area contributed by atoms with E-state index in [0.29, 0.717) is 25.5 Å². The standard InChI is InChI=1S/C19H17ClFN5O/c20-14-5-1-6-15(21)17(14)18(27)23-9-3-10-24-19-25-11-7-16(26-19)13-4-2-8-22-12-13/h1-2,4-8,11-12H,3,9-10H2,(H,23,27)(H,24,25,26). The molecule has 27 heavy (non-hydrogen) atoms. The van der Waals surface area contributed by atoms with Crippen LogP contribution in [0.15, 0.2) is 55.0 Å². The lowest BCUT2D eigenvalue weighted by molar-refractivity contribution is 0.0949. The topological polar surface area (TPSA) is 79.8 Å². The summed E-state index contributed by atoms with van der Waals surface area (Å²) < 4.78 is 13.7. The van der Waals surface area contributed by atoms with Crippen LogP contribution in [-0.4, -0.2) is 33.9 Å². The molecule has 8 heteroatoms. The zero-order valence-corrected chi connectivity index (χ0v) is 15.1. The Morgan fingerprint density at radius 3 is 2.78 bits per heavy atom. The van der Waals surface area contributed by atoms with E-state index in [0.717, 1.165) is 11.3 Å². The van der Waals surface area contributed by atoms with Gasteiger partial charge in [-0.1, -0.05) is 17.7 Å². The van der Waals surface area contributed by atoms with Crippen LogP contribution in [0.4, 0.5) is 10.3 Å². The lowest BCUT2D eigenvalue weighted by Gasteiger charge is -2.09. The number of halogens is 2. The van der Waals surface area contributed by atoms with Crippen molar-refractivity contribution < 1.29 is 9.18 Å². The van der Waals surface area contributed by atoms with Crippen LogP contribution in [0.5, 0.6) is 0 Å². The minimum atomic E-state index is -0.640. The molecule has 1 aromatic carbocycles. The molecular weight excluding hydrogens is 369 g/mol. The monoisotopic (exact) mass is 385 g/mol. The van der Waals surface area contributed by atoms with E-state index >= 15 is 0 Å². The summed E-state index contributed by atoms with van der Waals surface area (Å²) in [7, 11) is 0. The van der Waals surface area contributed by atoms with Crippen LogP contribution in [0.1, 0.15) is 16.8 Å². The smallest absolute Gasteiger partial charge is 0.255 e. The van der Waals surface area contributed by atoms with Crippen molar-refractivity contribution in [2.24, 2.45) is 0 Å². The molecule has 2 heterocycles. The van der Waals surface area contributed by atoms with Crippen LogP contribution in [0.2, 0.25) is 5.02 Å². The maximum atomic E-state index is 13.7. The van der Waals surface area contributed by atoms with Crippen LogP contribution >= 0.6 is 11.6 Å². The van der Waals surface area contributed by atoms with Gasteiger partial charge in [-0.25, -0.2) is 14.4 Å². The number of nitrogens with one attached hydrogen (secondary N) is 2. The molecule has 138 valence electrons. The molecule has 0 spiro atoms. The number of hydrogen-bond donors (Lipinski definition) is 2. The molecule has 3 rings (SSSR count). The fourth-order valence-electron chi connectivity index (χ4n) is 2.41. The summed E-state index contributed by atoms with van der Waals surface area (Å²) in [6.45, 7) is 0.903. The third kappa shape index (κ3) is 4.98. The molecule has 0 atom stereocenters. The third-order valence-electron chi connectivity index (χ3n) is 3.72. The number of carbonyl (C=O) groups excluding carboxylic acids is 1. The average Bonchev–Trinajstić information content (AvgIpc) is 2.68. The highest BCUT2D eigenvalue weighted by atomic mass is 35.5. The van der Waals surface area contributed by atoms with Gasteiger partial charge in [-0.15, -0.1) is 0 Å². The van der Waals surface area contributed by atoms with E-state index < -0.39 is 11.7 Å². The second kappa shape index (κ2) is 9.05. The van der Waals surface area contributed by atoms with Gasteiger partial charge in [0.05, 0.1) is 16.3 Å². The second-order valence-corrected chi connectivity index (χ2v) is 6.05. The molecular formula is C19H17ClFN5O. The molecule has 0 aliphatic carbocycles. The van der Waals surface area contributed by atoms with E-state index in [4.69, 9.17) is 11.6 Å². The lowest BCUT2D eigenvalue weighted by Crippen LogP contribution is -2.27. The number of nitrogens with zero attached hydrogens (tertiary/aromatic N) is 3. The minimum absolute atomic E-state index is 0.0891. The number of anilines is 1. The van der Waals surface area contributed by atoms with Crippen molar-refractivity contribution in [3.63, 3.8) is 0 Å². The molecule has 0 fully saturated rings. The Labute approximate surface area is 160 Å². The van der Waals surface area contributed by atoms with Gasteiger partial charge < -0.3 is 10.6 Å². The average molecular weight is 386 g/mol. The molecule has 2 N–H and O–H groups in total. The van der Waals surface area contributed by atoms with Crippen molar-refractivity contribution in [2.45, 2.75) is 6.42 Å². The Bertz CT molecular complexity index is 903. The molecule has 0 aliphatic rings. The molecule has 0 saturated carbocycles. The minimum Gasteiger partial charge on any atom is -0.354 e. The number of amides is 1. The highest BCUT2D eigenvalue weighted by molar-refractivity contribution is 6.33. The molecule has 3 aromatic rings. The molecule has 0 aliphatic heterocycles. The van der Waals surface area contributed by atoms with Gasteiger partial charge >= 0.3 is 0 Å². The van der Waals surface area contributed by atoms with E-state index in [1.54, 1.807) is 24.7 Å². The number of carbonyl (C=O) groups is 1. The van der Waals surface area contributed by atoms with Gasteiger partial charge in [0.15, 0.2) is 0 Å². The Kier molecular flexibility index (Phi) is 6.27. The number of benzene rings is 1. The van der Waals surface area contributed by atoms with E-state index in [2.05, 4.69) is 25.6 Å². The summed E-state index contributed by atoms with van der Waals surface area (Å²) in [5.41, 5.74) is 1.53. The van der Waals surface area contributed by atoms with E-state index in [1.807, 2.05) is 12.1 Å². The summed E-state index contributed by atoms with van der Waals surface area (Å²) in [5.74, 6) is -0.688. The zero-order chi connectivity index (χ0) is 19.1. The predicted molar refractivity (Wildman–Crippen MR) is 102 cm³/mol. The molecule has 1 amide bonds. The van der Waals surface area contributed by atoms with Crippen molar-refractivity contribution >= 4 is 23.5 Å². The molecule has 0 saturated heterocycles. The van der Waals surface area contributed by atoms with Gasteiger partial charge in [0.2, 0.25) is 5.95 Å². The summed E-state index contributed by atoms with van der Waals surface area (Å²) in [5, 5.41) is 5.84. The second-order valence-electron chi connectivity index (χ2n) is 5.64. The molecule has 6 nitrogen and oxygen atoms in total. The fourth-order valence-corrected chi connectivity index (χ4v) is 2.66. The molecule has 0 bridgehead atoms. The van der Waals surface area contributed by atoms with Gasteiger partial charge in [-0.3, -0.25) is 9.78 Å². The SMILES string of the molecule is O=C(NCCCNc1nccc(-c2cccnc2)n1)c1c(F)cccc1Cl. The maximum Gasteiger partial charge on any atom is 0.255 e. The highest BCUT2D eigenvalue weighted by Crippen LogP contribution is 2.18. The molecule has 0 radical (unpaired) electrons. The summed E-state index contributed by atoms with van der Waals surface area (Å²) in [6, 6.07) is 9.71. The number of rotatable bonds is 7. The molecule has 2 aromatic heterocycles. The van der Waals surface area contributed by atoms with Crippen LogP contribution < -0.4 is 10.6 Å². The van der Waals surface area contributed by atoms with E-state index in [-0.39, 0.29) is 10.6 Å². The Morgan fingerprint density at radius 1 is 1.11 bits per heavy atom. The van der Waals surface area contributed by atoms with Crippen molar-refractivity contribution in [3.05, 3.63) is 71.4 Å². The van der Waals surface area contributed by atoms with Gasteiger partial charge in [0.25, 0.3) is 5.91 Å². The summed E-state index contributed by atoms with van der Waals surface area (Å²) in [4.78, 5) is 24.7. The van der Waals surface area contributed by atoms with Crippen molar-refractivity contribution in [3.8, 4) is 11.3 Å². The first kappa shape index (κ1) is 18.7. The highest BCUT2D eigenvalue weighted by Gasteiger charge is 2.14. The van der Waals surface area contributed by atoms with Crippen molar-refractivity contribution in [1.82, 2.24) is 20.3 Å². The van der Waals surface area contributed by atoms with Crippen molar-refractivity contribution in [2.75, 3.05) is 18.4 Å². The first-order valence-electron chi connectivity index (χ1n) is 8.34. The van der Waals surface area contributed by atoms with Gasteiger partial charge in [0.1, 0.15) is 5.82 Å². The Balaban J connectivity index is 1.48. The number of hydrogen-bond acceptors (Lipinski definition) is 5. The third-order valence-corrected chi connectivity index (χ3v) is 4.04. The van der Waals surface area contributed by atoms with E-state index in [1.165, 1.54) is 18.2 Å². The van der Waals surface area contributed by atoms with E-state index in [9.17, 15) is 9.18 Å². The van der Waals surface area contributed by atoms with Gasteiger partial charge in [-0.05, 0) is 36.8 Å². The van der Waals surface area contributed by atoms with Gasteiger partial charge in [-0.2, -0.15) is 0 Å². The summed E-state index contributed by atoms with van der Waals surface area (Å²) >= 11 is 5.88. The van der Waals surface area contributed by atoms with Gasteiger partial charge in [0, 0.05) is 37.2 Å². The van der Waals surface area contributed by atoms with Crippen LogP contribution in [0, 0.1) is 5.82 Å². The predicted octanol–water partition coefficient (Wildman–Crippen LogP) is 3.56. The zero-order valence-electron chi connectivity index (χ0n) is 14.3. The quantitative estimate of drug-likeness (QED) is 0.608. The Hall–Kier alpha value is -3.06. The van der Waals surface area contributed by atoms with Crippen LogP contribution in [-0.2, 0) is 0 Å². The fraction of sp³-hybridized carbons (Fsp3) is 0.158. The van der Waals surface area contributed by atoms with Crippen LogP contribution in [0.25, 0.3) is 11.3 Å². The molecule has 0 unspecified atom stereocenters. The normalized spacial score (nSPS) is 10.4. The first-order chi connectivity index (χ1) is 13.1. The first-order valence-corrected chi connectivity index (χ1v) is 8.72. The summed E-state index contributed by atoms with van der Waals surface area (Å²) in [6.07, 6.45) is 5.71. The Morgan fingerprint density at radius 2 is 2.00 bits per heavy atom. The van der Waals surface area contributed by atoms with Crippen LogP contribution in [0.3, 0.4) is 0 Å². The maximum absolute atomic E-state index is 13.7. The largest absolute Gasteiger partial charge is 0.354 e.